The van der Waals surface area contributed by atoms with Gasteiger partial charge in [0.1, 0.15) is 34.7 Å². The van der Waals surface area contributed by atoms with Crippen LogP contribution in [0.25, 0.3) is 11.3 Å². The fourth-order valence-corrected chi connectivity index (χ4v) is 8.54. The summed E-state index contributed by atoms with van der Waals surface area (Å²) in [6, 6.07) is 16.5. The standard InChI is InChI=1S/C43H33F4N7O8S/c1-42(2)40(60)53(29-13-8-23(18-48)35(36(29)44)43(45,46)47)41(63)54(42)24-9-12-28(49-19-24)22-6-10-25(11-7-22)62-26-16-17-51(20-26)33(56)21-61-31-5-3-4-27-34(31)39(59)52(38(27)58)30-14-15-32(55)50-37(30)57/h3-13,19,26,30H,14-17,20-21H2,1-2H3,(H,50,55,57). The number of rotatable bonds is 9. The molecule has 15 nitrogen and oxygen atoms in total. The van der Waals surface area contributed by atoms with Crippen molar-refractivity contribution in [3.8, 4) is 28.8 Å². The molecule has 20 heteroatoms. The number of pyridine rings is 1. The van der Waals surface area contributed by atoms with Gasteiger partial charge in [-0.25, -0.2) is 4.39 Å². The number of fused-ring (bicyclic) bond motifs is 1. The number of hydrogen-bond donors (Lipinski definition) is 1. The summed E-state index contributed by atoms with van der Waals surface area (Å²) >= 11 is 5.52. The number of carbonyl (C=O) groups excluding carboxylic acids is 6. The fraction of sp³-hybridized carbons (Fsp3) is 0.279. The zero-order valence-corrected chi connectivity index (χ0v) is 34.0. The molecule has 0 radical (unpaired) electrons. The number of likely N-dealkylation sites (tertiary alicyclic amines) is 1. The third kappa shape index (κ3) is 7.47. The van der Waals surface area contributed by atoms with Gasteiger partial charge in [-0.2, -0.15) is 18.4 Å². The maximum Gasteiger partial charge on any atom is 0.420 e. The summed E-state index contributed by atoms with van der Waals surface area (Å²) in [6.07, 6.45) is -3.65. The number of carbonyl (C=O) groups is 6. The number of nitriles is 1. The molecule has 322 valence electrons. The first-order valence-electron chi connectivity index (χ1n) is 19.4. The molecule has 0 bridgehead atoms. The number of ether oxygens (including phenoxy) is 2. The predicted molar refractivity (Wildman–Crippen MR) is 217 cm³/mol. The molecule has 4 aliphatic rings. The van der Waals surface area contributed by atoms with Gasteiger partial charge >= 0.3 is 6.18 Å². The highest BCUT2D eigenvalue weighted by atomic mass is 32.1. The first kappa shape index (κ1) is 42.4. The third-order valence-electron chi connectivity index (χ3n) is 11.2. The van der Waals surface area contributed by atoms with Gasteiger partial charge in [-0.15, -0.1) is 0 Å². The van der Waals surface area contributed by atoms with Crippen molar-refractivity contribution in [2.75, 3.05) is 29.5 Å². The van der Waals surface area contributed by atoms with Crippen LogP contribution in [0.15, 0.2) is 72.9 Å². The normalized spacial score (nSPS) is 19.7. The molecule has 0 saturated carbocycles. The third-order valence-corrected chi connectivity index (χ3v) is 11.5. The van der Waals surface area contributed by atoms with Crippen molar-refractivity contribution in [1.29, 1.82) is 5.26 Å². The SMILES string of the molecule is CC1(C)C(=O)N(c2ccc(C#N)c(C(F)(F)F)c2F)C(=S)N1c1ccc(-c2ccc(OC3CCN(C(=O)COc4cccc5c4C(=O)N(C4CCC(=O)NC4=O)C5=O)C3)cc2)nc1. The fourth-order valence-electron chi connectivity index (χ4n) is 8.02. The van der Waals surface area contributed by atoms with Crippen LogP contribution >= 0.6 is 12.2 Å². The zero-order chi connectivity index (χ0) is 45.1. The minimum Gasteiger partial charge on any atom is -0.489 e. The van der Waals surface area contributed by atoms with Crippen molar-refractivity contribution in [3.05, 3.63) is 101 Å². The zero-order valence-electron chi connectivity index (χ0n) is 33.2. The molecule has 3 saturated heterocycles. The second kappa shape index (κ2) is 15.9. The topological polar surface area (TPSA) is 183 Å². The molecule has 1 N–H and O–H groups in total. The number of nitrogens with zero attached hydrogens (tertiary/aromatic N) is 6. The van der Waals surface area contributed by atoms with Gasteiger partial charge in [-0.3, -0.25) is 48.9 Å². The Hall–Kier alpha value is -7.27. The quantitative estimate of drug-likeness (QED) is 0.133. The van der Waals surface area contributed by atoms with Gasteiger partial charge in [0.2, 0.25) is 11.8 Å². The Morgan fingerprint density at radius 3 is 2.41 bits per heavy atom. The smallest absolute Gasteiger partial charge is 0.420 e. The Balaban J connectivity index is 0.877. The Morgan fingerprint density at radius 1 is 1.00 bits per heavy atom. The van der Waals surface area contributed by atoms with Gasteiger partial charge in [0, 0.05) is 24.9 Å². The number of amides is 6. The number of benzene rings is 3. The van der Waals surface area contributed by atoms with E-state index in [9.17, 15) is 41.9 Å². The van der Waals surface area contributed by atoms with E-state index in [0.29, 0.717) is 40.6 Å². The molecule has 4 aliphatic heterocycles. The predicted octanol–water partition coefficient (Wildman–Crippen LogP) is 5.15. The van der Waals surface area contributed by atoms with E-state index in [4.69, 9.17) is 27.0 Å². The number of alkyl halides is 3. The van der Waals surface area contributed by atoms with Crippen molar-refractivity contribution in [1.82, 2.24) is 20.1 Å². The Morgan fingerprint density at radius 2 is 1.75 bits per heavy atom. The van der Waals surface area contributed by atoms with Crippen LogP contribution < -0.4 is 24.6 Å². The van der Waals surface area contributed by atoms with Crippen molar-refractivity contribution in [2.45, 2.75) is 57.0 Å². The lowest BCUT2D eigenvalue weighted by Gasteiger charge is -2.29. The van der Waals surface area contributed by atoms with Crippen LogP contribution in [0.2, 0.25) is 0 Å². The van der Waals surface area contributed by atoms with E-state index in [-0.39, 0.29) is 53.4 Å². The van der Waals surface area contributed by atoms with Crippen molar-refractivity contribution in [2.24, 2.45) is 0 Å². The second-order valence-corrected chi connectivity index (χ2v) is 15.8. The lowest BCUT2D eigenvalue weighted by molar-refractivity contribution is -0.140. The minimum atomic E-state index is -5.21. The van der Waals surface area contributed by atoms with E-state index in [1.807, 2.05) is 0 Å². The van der Waals surface area contributed by atoms with E-state index < -0.39 is 76.5 Å². The minimum absolute atomic E-state index is 0.00296. The number of thiocarbonyl (C=S) groups is 1. The first-order valence-corrected chi connectivity index (χ1v) is 19.8. The van der Waals surface area contributed by atoms with Gasteiger partial charge in [0.15, 0.2) is 17.5 Å². The van der Waals surface area contributed by atoms with Crippen LogP contribution in [0.1, 0.15) is 65.0 Å². The highest BCUT2D eigenvalue weighted by molar-refractivity contribution is 7.81. The van der Waals surface area contributed by atoms with Crippen LogP contribution in [0.5, 0.6) is 11.5 Å². The van der Waals surface area contributed by atoms with E-state index in [2.05, 4.69) is 10.3 Å². The summed E-state index contributed by atoms with van der Waals surface area (Å²) in [4.78, 5) is 86.3. The molecule has 2 unspecified atom stereocenters. The van der Waals surface area contributed by atoms with E-state index in [0.717, 1.165) is 17.0 Å². The summed E-state index contributed by atoms with van der Waals surface area (Å²) in [7, 11) is 0. The van der Waals surface area contributed by atoms with Gasteiger partial charge in [-0.1, -0.05) is 6.07 Å². The second-order valence-electron chi connectivity index (χ2n) is 15.5. The summed E-state index contributed by atoms with van der Waals surface area (Å²) in [6.45, 7) is 3.15. The maximum absolute atomic E-state index is 15.4. The molecule has 3 aromatic carbocycles. The van der Waals surface area contributed by atoms with E-state index in [1.165, 1.54) is 49.2 Å². The van der Waals surface area contributed by atoms with Crippen LogP contribution in [0.4, 0.5) is 28.9 Å². The molecule has 3 fully saturated rings. The molecule has 0 spiro atoms. The molecule has 2 atom stereocenters. The summed E-state index contributed by atoms with van der Waals surface area (Å²) in [5, 5.41) is 11.0. The number of aromatic nitrogens is 1. The summed E-state index contributed by atoms with van der Waals surface area (Å²) in [5.74, 6) is -5.12. The van der Waals surface area contributed by atoms with Crippen molar-refractivity contribution in [3.63, 3.8) is 0 Å². The maximum atomic E-state index is 15.4. The number of hydrogen-bond acceptors (Lipinski definition) is 11. The molecule has 63 heavy (non-hydrogen) atoms. The van der Waals surface area contributed by atoms with Crippen LogP contribution in [0.3, 0.4) is 0 Å². The Bertz CT molecular complexity index is 2690. The average molecular weight is 884 g/mol. The lowest BCUT2D eigenvalue weighted by atomic mass is 10.0. The largest absolute Gasteiger partial charge is 0.489 e. The molecule has 6 amide bonds. The van der Waals surface area contributed by atoms with Crippen LogP contribution in [-0.4, -0.2) is 92.7 Å². The molecule has 5 heterocycles. The number of piperidine rings is 1. The summed E-state index contributed by atoms with van der Waals surface area (Å²) in [5.41, 5.74) is -3.45. The number of anilines is 2. The number of halogens is 4. The van der Waals surface area contributed by atoms with Crippen LogP contribution in [0, 0.1) is 17.1 Å². The molecule has 4 aromatic rings. The van der Waals surface area contributed by atoms with Gasteiger partial charge in [-0.05, 0) is 93.1 Å². The van der Waals surface area contributed by atoms with Crippen molar-refractivity contribution < 1.29 is 55.8 Å². The van der Waals surface area contributed by atoms with E-state index >= 15 is 4.39 Å². The number of nitrogens with one attached hydrogen (secondary N) is 1. The number of imide groups is 2. The highest BCUT2D eigenvalue weighted by Crippen LogP contribution is 2.42. The van der Waals surface area contributed by atoms with Gasteiger partial charge in [0.05, 0.1) is 52.6 Å². The molecular formula is C43H33F4N7O8S. The Labute approximate surface area is 360 Å². The molecular weight excluding hydrogens is 851 g/mol. The van der Waals surface area contributed by atoms with Crippen molar-refractivity contribution >= 4 is 64.1 Å². The first-order chi connectivity index (χ1) is 29.9. The molecule has 1 aromatic heterocycles. The molecule has 8 rings (SSSR count). The van der Waals surface area contributed by atoms with Gasteiger partial charge < -0.3 is 19.3 Å². The lowest BCUT2D eigenvalue weighted by Crippen LogP contribution is -2.54. The Kier molecular flexibility index (Phi) is 10.7. The van der Waals surface area contributed by atoms with E-state index in [1.54, 1.807) is 41.3 Å². The monoisotopic (exact) mass is 883 g/mol. The average Bonchev–Trinajstić information content (AvgIpc) is 3.87. The molecule has 0 aliphatic carbocycles. The highest BCUT2D eigenvalue weighted by Gasteiger charge is 2.52. The van der Waals surface area contributed by atoms with Crippen LogP contribution in [-0.2, 0) is 25.4 Å². The summed E-state index contributed by atoms with van der Waals surface area (Å²) < 4.78 is 68.6. The van der Waals surface area contributed by atoms with Gasteiger partial charge in [0.25, 0.3) is 23.6 Å².